The van der Waals surface area contributed by atoms with E-state index in [1.54, 1.807) is 55.4 Å². The van der Waals surface area contributed by atoms with Crippen LogP contribution < -0.4 is 0 Å². The molecule has 0 atom stereocenters. The molecular weight excluding hydrogens is 312 g/mol. The van der Waals surface area contributed by atoms with E-state index in [-0.39, 0.29) is 26.4 Å². The van der Waals surface area contributed by atoms with Gasteiger partial charge in [0.1, 0.15) is 0 Å². The van der Waals surface area contributed by atoms with Crippen molar-refractivity contribution < 1.29 is 25.2 Å². The first-order valence-electron chi connectivity index (χ1n) is 8.22. The first-order chi connectivity index (χ1) is 10.6. The lowest BCUT2D eigenvalue weighted by Gasteiger charge is -2.55. The minimum Gasteiger partial charge on any atom is -0.394 e. The highest BCUT2D eigenvalue weighted by Gasteiger charge is 2.49. The number of hydrogen-bond donors (Lipinski definition) is 4. The van der Waals surface area contributed by atoms with E-state index >= 15 is 0 Å². The Morgan fingerprint density at radius 1 is 0.583 bits per heavy atom. The zero-order valence-corrected chi connectivity index (χ0v) is 16.4. The van der Waals surface area contributed by atoms with E-state index < -0.39 is 28.2 Å². The number of urea groups is 1. The molecule has 0 rings (SSSR count). The smallest absolute Gasteiger partial charge is 0.322 e. The molecule has 0 aliphatic heterocycles. The minimum absolute atomic E-state index is 0.297. The van der Waals surface area contributed by atoms with Crippen molar-refractivity contribution in [1.29, 1.82) is 0 Å². The molecule has 0 aromatic rings. The summed E-state index contributed by atoms with van der Waals surface area (Å²) in [6.45, 7) is 12.5. The molecule has 2 amide bonds. The quantitative estimate of drug-likeness (QED) is 0.519. The number of hydrogen-bond acceptors (Lipinski definition) is 5. The fourth-order valence-electron chi connectivity index (χ4n) is 3.06. The van der Waals surface area contributed by atoms with Crippen LogP contribution in [0.5, 0.6) is 0 Å². The van der Waals surface area contributed by atoms with Crippen molar-refractivity contribution in [3.63, 3.8) is 0 Å². The van der Waals surface area contributed by atoms with Crippen molar-refractivity contribution in [2.24, 2.45) is 0 Å². The Morgan fingerprint density at radius 2 is 0.750 bits per heavy atom. The summed E-state index contributed by atoms with van der Waals surface area (Å²) < 4.78 is 0. The summed E-state index contributed by atoms with van der Waals surface area (Å²) in [5.74, 6) is 0. The van der Waals surface area contributed by atoms with E-state index in [0.717, 1.165) is 0 Å². The number of nitrogens with zero attached hydrogens (tertiary/aromatic N) is 2. The summed E-state index contributed by atoms with van der Waals surface area (Å²) in [6.07, 6.45) is 0. The first-order valence-corrected chi connectivity index (χ1v) is 8.22. The van der Waals surface area contributed by atoms with Crippen LogP contribution >= 0.6 is 0 Å². The molecule has 0 aliphatic rings. The number of carbonyl (C=O) groups is 1. The third-order valence-electron chi connectivity index (χ3n) is 4.35. The second kappa shape index (κ2) is 7.56. The summed E-state index contributed by atoms with van der Waals surface area (Å²) in [6, 6.07) is -0.466. The predicted molar refractivity (Wildman–Crippen MR) is 93.7 cm³/mol. The van der Waals surface area contributed by atoms with Gasteiger partial charge in [0.25, 0.3) is 0 Å². The lowest BCUT2D eigenvalue weighted by molar-refractivity contribution is -0.0640. The summed E-state index contributed by atoms with van der Waals surface area (Å²) in [7, 11) is 0. The van der Waals surface area contributed by atoms with Crippen LogP contribution in [-0.2, 0) is 0 Å². The average Bonchev–Trinajstić information content (AvgIpc) is 2.46. The van der Waals surface area contributed by atoms with Gasteiger partial charge < -0.3 is 30.2 Å². The molecule has 0 aromatic carbocycles. The normalized spacial score (nSPS) is 13.8. The maximum Gasteiger partial charge on any atom is 0.322 e. The fourth-order valence-corrected chi connectivity index (χ4v) is 3.06. The van der Waals surface area contributed by atoms with E-state index in [0.29, 0.717) is 0 Å². The van der Waals surface area contributed by atoms with Crippen LogP contribution in [0.1, 0.15) is 55.4 Å². The van der Waals surface area contributed by atoms with Gasteiger partial charge in [0.05, 0.1) is 48.6 Å². The van der Waals surface area contributed by atoms with Gasteiger partial charge in [0.2, 0.25) is 0 Å². The number of carbonyl (C=O) groups excluding carboxylic acids is 1. The highest BCUT2D eigenvalue weighted by molar-refractivity contribution is 5.78. The molecule has 7 heteroatoms. The third-order valence-corrected chi connectivity index (χ3v) is 4.35. The number of aliphatic hydroxyl groups excluding tert-OH is 4. The molecule has 7 nitrogen and oxygen atoms in total. The van der Waals surface area contributed by atoms with Crippen LogP contribution in [0.3, 0.4) is 0 Å². The van der Waals surface area contributed by atoms with Crippen molar-refractivity contribution in [2.45, 2.75) is 77.5 Å². The predicted octanol–water partition coefficient (Wildman–Crippen LogP) is 0.794. The van der Waals surface area contributed by atoms with Gasteiger partial charge in [-0.05, 0) is 55.4 Å². The zero-order valence-electron chi connectivity index (χ0n) is 16.4. The van der Waals surface area contributed by atoms with Crippen LogP contribution in [0.2, 0.25) is 0 Å². The third kappa shape index (κ3) is 4.59. The molecule has 24 heavy (non-hydrogen) atoms. The molecule has 0 bridgehead atoms. The first kappa shape index (κ1) is 23.1. The van der Waals surface area contributed by atoms with Gasteiger partial charge in [-0.1, -0.05) is 0 Å². The van der Waals surface area contributed by atoms with Gasteiger partial charge in [0.15, 0.2) is 0 Å². The van der Waals surface area contributed by atoms with Crippen LogP contribution in [0.4, 0.5) is 4.79 Å². The number of amides is 2. The van der Waals surface area contributed by atoms with Gasteiger partial charge in [-0.2, -0.15) is 0 Å². The maximum atomic E-state index is 13.5. The molecule has 0 aliphatic carbocycles. The van der Waals surface area contributed by atoms with Crippen molar-refractivity contribution in [3.8, 4) is 0 Å². The highest BCUT2D eigenvalue weighted by atomic mass is 16.3. The molecule has 144 valence electrons. The average molecular weight is 348 g/mol. The van der Waals surface area contributed by atoms with Gasteiger partial charge in [-0.15, -0.1) is 0 Å². The summed E-state index contributed by atoms with van der Waals surface area (Å²) in [5, 5.41) is 39.1. The van der Waals surface area contributed by atoms with Crippen LogP contribution in [-0.4, -0.2) is 84.8 Å². The minimum atomic E-state index is -0.946. The number of rotatable bonds is 8. The molecule has 0 unspecified atom stereocenters. The summed E-state index contributed by atoms with van der Waals surface area (Å²) in [5.41, 5.74) is -3.78. The highest BCUT2D eigenvalue weighted by Crippen LogP contribution is 2.33. The Labute approximate surface area is 145 Å². The van der Waals surface area contributed by atoms with Crippen LogP contribution in [0.15, 0.2) is 0 Å². The summed E-state index contributed by atoms with van der Waals surface area (Å²) in [4.78, 5) is 16.3. The Balaban J connectivity index is 6.32. The lowest BCUT2D eigenvalue weighted by atomic mass is 9.91. The molecule has 0 spiro atoms. The second-order valence-electron chi connectivity index (χ2n) is 8.84. The van der Waals surface area contributed by atoms with Crippen molar-refractivity contribution in [3.05, 3.63) is 0 Å². The zero-order chi connectivity index (χ0) is 19.6. The molecular formula is C17H36N2O5. The Morgan fingerprint density at radius 3 is 0.875 bits per heavy atom. The fraction of sp³-hybridized carbons (Fsp3) is 0.941. The molecule has 0 saturated heterocycles. The largest absolute Gasteiger partial charge is 0.394 e. The van der Waals surface area contributed by atoms with E-state index in [2.05, 4.69) is 0 Å². The van der Waals surface area contributed by atoms with Gasteiger partial charge in [-0.3, -0.25) is 0 Å². The Kier molecular flexibility index (Phi) is 7.28. The lowest BCUT2D eigenvalue weighted by Crippen LogP contribution is -2.71. The van der Waals surface area contributed by atoms with Crippen molar-refractivity contribution in [1.82, 2.24) is 9.80 Å². The molecule has 0 radical (unpaired) electrons. The van der Waals surface area contributed by atoms with E-state index in [1.165, 1.54) is 9.80 Å². The maximum absolute atomic E-state index is 13.5. The van der Waals surface area contributed by atoms with E-state index in [9.17, 15) is 25.2 Å². The molecule has 4 N–H and O–H groups in total. The Bertz CT molecular complexity index is 363. The van der Waals surface area contributed by atoms with Crippen LogP contribution in [0, 0.1) is 0 Å². The van der Waals surface area contributed by atoms with E-state index in [1.807, 2.05) is 0 Å². The van der Waals surface area contributed by atoms with Crippen molar-refractivity contribution >= 4 is 6.03 Å². The van der Waals surface area contributed by atoms with Crippen molar-refractivity contribution in [2.75, 3.05) is 26.4 Å². The topological polar surface area (TPSA) is 104 Å². The summed E-state index contributed by atoms with van der Waals surface area (Å²) >= 11 is 0. The molecule has 0 saturated carbocycles. The second-order valence-corrected chi connectivity index (χ2v) is 8.84. The molecule has 0 fully saturated rings. The number of aliphatic hydroxyl groups is 4. The van der Waals surface area contributed by atoms with Gasteiger partial charge in [0, 0.05) is 0 Å². The van der Waals surface area contributed by atoms with Crippen LogP contribution in [0.25, 0.3) is 0 Å². The molecule has 0 heterocycles. The standard InChI is InChI=1S/C17H36N2O5/c1-14(2,9-20)18(15(3,4)10-21)13(24)19(16(5,6)11-22)17(7,8)12-23/h20-23H,9-12H2,1-8H3. The molecule has 0 aromatic heterocycles. The van der Waals surface area contributed by atoms with Gasteiger partial charge in [-0.25, -0.2) is 4.79 Å². The van der Waals surface area contributed by atoms with E-state index in [4.69, 9.17) is 0 Å². The monoisotopic (exact) mass is 348 g/mol. The van der Waals surface area contributed by atoms with Gasteiger partial charge >= 0.3 is 6.03 Å². The SMILES string of the molecule is CC(C)(CO)N(C(=O)N(C(C)(C)CO)C(C)(C)CO)C(C)(C)CO. The Hall–Kier alpha value is -0.890.